The molecule has 1 amide bonds. The molecule has 0 bridgehead atoms. The summed E-state index contributed by atoms with van der Waals surface area (Å²) in [6, 6.07) is 20.0. The highest BCUT2D eigenvalue weighted by Crippen LogP contribution is 2.30. The van der Waals surface area contributed by atoms with Crippen LogP contribution in [0.15, 0.2) is 60.7 Å². The van der Waals surface area contributed by atoms with Gasteiger partial charge in [-0.3, -0.25) is 9.69 Å². The summed E-state index contributed by atoms with van der Waals surface area (Å²) in [7, 11) is 0. The van der Waals surface area contributed by atoms with Crippen molar-refractivity contribution in [2.45, 2.75) is 44.8 Å². The van der Waals surface area contributed by atoms with E-state index in [1.165, 1.54) is 5.56 Å². The SMILES string of the molecule is CCC(=O)N(c1ccccc1)[C@H]1CCN(CCc2ccccc2)C[C@]1(C)O. The van der Waals surface area contributed by atoms with E-state index in [4.69, 9.17) is 0 Å². The number of carbonyl (C=O) groups is 1. The molecule has 0 radical (unpaired) electrons. The molecule has 0 aliphatic carbocycles. The van der Waals surface area contributed by atoms with Gasteiger partial charge in [0.1, 0.15) is 0 Å². The van der Waals surface area contributed by atoms with E-state index in [2.05, 4.69) is 29.2 Å². The number of hydrogen-bond donors (Lipinski definition) is 1. The van der Waals surface area contributed by atoms with Gasteiger partial charge >= 0.3 is 0 Å². The average Bonchev–Trinajstić information content (AvgIpc) is 2.69. The van der Waals surface area contributed by atoms with Gasteiger partial charge in [-0.1, -0.05) is 55.5 Å². The van der Waals surface area contributed by atoms with Gasteiger partial charge in [0.05, 0.1) is 11.6 Å². The predicted octanol–water partition coefficient (Wildman–Crippen LogP) is 3.50. The third kappa shape index (κ3) is 4.76. The van der Waals surface area contributed by atoms with E-state index in [-0.39, 0.29) is 11.9 Å². The maximum atomic E-state index is 12.7. The number of likely N-dealkylation sites (tertiary alicyclic amines) is 1. The number of nitrogens with zero attached hydrogens (tertiary/aromatic N) is 2. The molecular weight excluding hydrogens is 336 g/mol. The number of amides is 1. The highest BCUT2D eigenvalue weighted by molar-refractivity contribution is 5.94. The van der Waals surface area contributed by atoms with E-state index >= 15 is 0 Å². The summed E-state index contributed by atoms with van der Waals surface area (Å²) in [4.78, 5) is 16.8. The second-order valence-corrected chi connectivity index (χ2v) is 7.63. The summed E-state index contributed by atoms with van der Waals surface area (Å²) >= 11 is 0. The van der Waals surface area contributed by atoms with E-state index in [0.717, 1.165) is 31.6 Å². The first-order valence-electron chi connectivity index (χ1n) is 9.87. The number of carbonyl (C=O) groups excluding carboxylic acids is 1. The van der Waals surface area contributed by atoms with Crippen LogP contribution in [0.5, 0.6) is 0 Å². The zero-order valence-corrected chi connectivity index (χ0v) is 16.3. The molecule has 4 heteroatoms. The van der Waals surface area contributed by atoms with E-state index in [1.807, 2.05) is 55.1 Å². The van der Waals surface area contributed by atoms with Crippen molar-refractivity contribution in [1.29, 1.82) is 0 Å². The molecule has 1 aliphatic rings. The zero-order valence-electron chi connectivity index (χ0n) is 16.3. The van der Waals surface area contributed by atoms with Crippen LogP contribution in [0.1, 0.15) is 32.3 Å². The van der Waals surface area contributed by atoms with Crippen LogP contribution in [0.25, 0.3) is 0 Å². The van der Waals surface area contributed by atoms with Gasteiger partial charge in [-0.05, 0) is 37.5 Å². The Balaban J connectivity index is 1.71. The van der Waals surface area contributed by atoms with Gasteiger partial charge in [-0.25, -0.2) is 0 Å². The van der Waals surface area contributed by atoms with Crippen molar-refractivity contribution in [2.75, 3.05) is 24.5 Å². The van der Waals surface area contributed by atoms with Gasteiger partial charge in [-0.15, -0.1) is 0 Å². The number of rotatable bonds is 6. The molecule has 2 aromatic carbocycles. The number of piperidine rings is 1. The number of hydrogen-bond acceptors (Lipinski definition) is 3. The lowest BCUT2D eigenvalue weighted by molar-refractivity contribution is -0.121. The number of benzene rings is 2. The summed E-state index contributed by atoms with van der Waals surface area (Å²) in [5.41, 5.74) is 1.23. The van der Waals surface area contributed by atoms with Gasteiger partial charge < -0.3 is 10.0 Å². The lowest BCUT2D eigenvalue weighted by Gasteiger charge is -2.47. The van der Waals surface area contributed by atoms with Crippen LogP contribution in [0.3, 0.4) is 0 Å². The summed E-state index contributed by atoms with van der Waals surface area (Å²) in [5.74, 6) is 0.0595. The first kappa shape index (κ1) is 19.6. The minimum absolute atomic E-state index is 0.0595. The molecule has 1 heterocycles. The Bertz CT molecular complexity index is 731. The van der Waals surface area contributed by atoms with Gasteiger partial charge in [-0.2, -0.15) is 0 Å². The molecule has 4 nitrogen and oxygen atoms in total. The predicted molar refractivity (Wildman–Crippen MR) is 110 cm³/mol. The minimum Gasteiger partial charge on any atom is -0.387 e. The molecule has 1 saturated heterocycles. The highest BCUT2D eigenvalue weighted by atomic mass is 16.3. The first-order chi connectivity index (χ1) is 13.0. The Hall–Kier alpha value is -2.17. The molecule has 0 aromatic heterocycles. The molecule has 0 saturated carbocycles. The zero-order chi connectivity index (χ0) is 19.3. The maximum Gasteiger partial charge on any atom is 0.227 e. The largest absolute Gasteiger partial charge is 0.387 e. The van der Waals surface area contributed by atoms with Crippen LogP contribution < -0.4 is 4.90 Å². The van der Waals surface area contributed by atoms with Gasteiger partial charge in [0, 0.05) is 31.7 Å². The van der Waals surface area contributed by atoms with E-state index < -0.39 is 5.60 Å². The van der Waals surface area contributed by atoms with Crippen molar-refractivity contribution in [1.82, 2.24) is 4.90 Å². The Kier molecular flexibility index (Phi) is 6.30. The molecule has 2 atom stereocenters. The first-order valence-corrected chi connectivity index (χ1v) is 9.87. The Labute approximate surface area is 162 Å². The molecule has 144 valence electrons. The normalized spacial score (nSPS) is 23.1. The van der Waals surface area contributed by atoms with Crippen LogP contribution in [0.4, 0.5) is 5.69 Å². The number of anilines is 1. The third-order valence-electron chi connectivity index (χ3n) is 5.46. The Morgan fingerprint density at radius 3 is 2.37 bits per heavy atom. The standard InChI is InChI=1S/C23H30N2O2/c1-3-22(26)25(20-12-8-5-9-13-20)21-15-17-24(18-23(21,2)27)16-14-19-10-6-4-7-11-19/h4-13,21,27H,3,14-18H2,1-2H3/t21-,23-/m0/s1. The summed E-state index contributed by atoms with van der Waals surface area (Å²) in [5, 5.41) is 11.2. The lowest BCUT2D eigenvalue weighted by atomic mass is 9.87. The second kappa shape index (κ2) is 8.68. The average molecular weight is 367 g/mol. The Morgan fingerprint density at radius 1 is 1.15 bits per heavy atom. The van der Waals surface area contributed by atoms with E-state index in [9.17, 15) is 9.90 Å². The van der Waals surface area contributed by atoms with Gasteiger partial charge in [0.15, 0.2) is 0 Å². The highest BCUT2D eigenvalue weighted by Gasteiger charge is 2.43. The van der Waals surface area contributed by atoms with E-state index in [0.29, 0.717) is 13.0 Å². The van der Waals surface area contributed by atoms with Crippen LogP contribution in [0, 0.1) is 0 Å². The fourth-order valence-electron chi connectivity index (χ4n) is 4.04. The second-order valence-electron chi connectivity index (χ2n) is 7.63. The van der Waals surface area contributed by atoms with Crippen LogP contribution in [-0.2, 0) is 11.2 Å². The van der Waals surface area contributed by atoms with Gasteiger partial charge in [0.2, 0.25) is 5.91 Å². The van der Waals surface area contributed by atoms with Crippen molar-refractivity contribution in [2.24, 2.45) is 0 Å². The van der Waals surface area contributed by atoms with Crippen molar-refractivity contribution in [3.8, 4) is 0 Å². The minimum atomic E-state index is -0.949. The topological polar surface area (TPSA) is 43.8 Å². The smallest absolute Gasteiger partial charge is 0.227 e. The van der Waals surface area contributed by atoms with Crippen LogP contribution in [-0.4, -0.2) is 47.2 Å². The van der Waals surface area contributed by atoms with Crippen molar-refractivity contribution in [3.05, 3.63) is 66.2 Å². The number of β-amino-alcohol motifs (C(OH)–C–C–N with tert-alkyl or cyclic N) is 1. The summed E-state index contributed by atoms with van der Waals surface area (Å²) < 4.78 is 0. The number of para-hydroxylation sites is 1. The fourth-order valence-corrected chi connectivity index (χ4v) is 4.04. The molecular formula is C23H30N2O2. The molecule has 27 heavy (non-hydrogen) atoms. The molecule has 1 fully saturated rings. The van der Waals surface area contributed by atoms with Crippen molar-refractivity contribution in [3.63, 3.8) is 0 Å². The lowest BCUT2D eigenvalue weighted by Crippen LogP contribution is -2.62. The fraction of sp³-hybridized carbons (Fsp3) is 0.435. The maximum absolute atomic E-state index is 12.7. The number of aliphatic hydroxyl groups is 1. The monoisotopic (exact) mass is 366 g/mol. The summed E-state index contributed by atoms with van der Waals surface area (Å²) in [6.07, 6.45) is 2.17. The molecule has 3 rings (SSSR count). The van der Waals surface area contributed by atoms with E-state index in [1.54, 1.807) is 0 Å². The quantitative estimate of drug-likeness (QED) is 0.851. The molecule has 2 aromatic rings. The molecule has 1 N–H and O–H groups in total. The Morgan fingerprint density at radius 2 is 1.78 bits per heavy atom. The van der Waals surface area contributed by atoms with Crippen molar-refractivity contribution < 1.29 is 9.90 Å². The molecule has 0 unspecified atom stereocenters. The summed E-state index contributed by atoms with van der Waals surface area (Å²) in [6.45, 7) is 6.12. The van der Waals surface area contributed by atoms with Crippen LogP contribution >= 0.6 is 0 Å². The molecule has 1 aliphatic heterocycles. The molecule has 0 spiro atoms. The van der Waals surface area contributed by atoms with Gasteiger partial charge in [0.25, 0.3) is 0 Å². The third-order valence-corrected chi connectivity index (χ3v) is 5.46. The van der Waals surface area contributed by atoms with Crippen LogP contribution in [0.2, 0.25) is 0 Å². The van der Waals surface area contributed by atoms with Crippen molar-refractivity contribution >= 4 is 11.6 Å².